The highest BCUT2D eigenvalue weighted by molar-refractivity contribution is 7.83. The summed E-state index contributed by atoms with van der Waals surface area (Å²) < 4.78 is 30.0. The van der Waals surface area contributed by atoms with Gasteiger partial charge in [0.05, 0.1) is 0 Å². The fourth-order valence-corrected chi connectivity index (χ4v) is 1.13. The molecule has 0 unspecified atom stereocenters. The zero-order valence-corrected chi connectivity index (χ0v) is 9.52. The molecule has 0 saturated heterocycles. The van der Waals surface area contributed by atoms with Gasteiger partial charge < -0.3 is 0 Å². The first-order chi connectivity index (χ1) is 5.06. The molecule has 6 heteroatoms. The average molecular weight is 197 g/mol. The van der Waals surface area contributed by atoms with Crippen LogP contribution in [0.1, 0.15) is 6.42 Å². The lowest BCUT2D eigenvalue weighted by Crippen LogP contribution is -2.23. The van der Waals surface area contributed by atoms with Crippen LogP contribution in [0.15, 0.2) is 13.2 Å². The van der Waals surface area contributed by atoms with E-state index in [9.17, 15) is 8.42 Å². The summed E-state index contributed by atoms with van der Waals surface area (Å²) in [5.41, 5.74) is 0. The van der Waals surface area contributed by atoms with Crippen LogP contribution in [0.25, 0.3) is 0 Å². The molecular formula is C5H15NO3SSi. The smallest absolute Gasteiger partial charge is 0.273 e. The standard InChI is InChI=1S/C3H11NO3SSi.C2H4/c5-8(6,7)4-2-1-3-9;1-2/h4H,1-3H2,9H3,(H,5,6,7);1-2H2. The Morgan fingerprint density at radius 1 is 1.45 bits per heavy atom. The fourth-order valence-electron chi connectivity index (χ4n) is 0.378. The van der Waals surface area contributed by atoms with Crippen LogP contribution in [0.2, 0.25) is 6.04 Å². The van der Waals surface area contributed by atoms with Crippen molar-refractivity contribution >= 4 is 20.5 Å². The van der Waals surface area contributed by atoms with Crippen molar-refractivity contribution in [3.63, 3.8) is 0 Å². The van der Waals surface area contributed by atoms with Gasteiger partial charge in [-0.15, -0.1) is 13.2 Å². The zero-order valence-electron chi connectivity index (χ0n) is 6.71. The first kappa shape index (κ1) is 13.4. The second kappa shape index (κ2) is 7.93. The van der Waals surface area contributed by atoms with Crippen LogP contribution in [0, 0.1) is 0 Å². The molecule has 0 bridgehead atoms. The lowest BCUT2D eigenvalue weighted by molar-refractivity contribution is 0.467. The second-order valence-corrected chi connectivity index (χ2v) is 3.96. The first-order valence-electron chi connectivity index (χ1n) is 3.28. The van der Waals surface area contributed by atoms with E-state index in [0.29, 0.717) is 6.54 Å². The van der Waals surface area contributed by atoms with Gasteiger partial charge in [-0.1, -0.05) is 6.04 Å². The molecule has 68 valence electrons. The predicted molar refractivity (Wildman–Crippen MR) is 50.2 cm³/mol. The van der Waals surface area contributed by atoms with Crippen LogP contribution in [0.5, 0.6) is 0 Å². The van der Waals surface area contributed by atoms with Crippen LogP contribution in [-0.2, 0) is 10.3 Å². The first-order valence-corrected chi connectivity index (χ1v) is 6.13. The third-order valence-corrected chi connectivity index (χ3v) is 2.09. The van der Waals surface area contributed by atoms with Crippen molar-refractivity contribution in [1.82, 2.24) is 4.72 Å². The summed E-state index contributed by atoms with van der Waals surface area (Å²) in [5, 5.41) is 0. The molecule has 0 aromatic heterocycles. The number of hydrogen-bond acceptors (Lipinski definition) is 2. The van der Waals surface area contributed by atoms with E-state index in [2.05, 4.69) is 13.2 Å². The largest absolute Gasteiger partial charge is 0.333 e. The van der Waals surface area contributed by atoms with Gasteiger partial charge in [0.1, 0.15) is 0 Å². The van der Waals surface area contributed by atoms with Crippen molar-refractivity contribution in [2.24, 2.45) is 0 Å². The lowest BCUT2D eigenvalue weighted by atomic mass is 10.5. The number of nitrogens with one attached hydrogen (secondary N) is 1. The second-order valence-electron chi connectivity index (χ2n) is 1.72. The molecule has 0 aromatic carbocycles. The summed E-state index contributed by atoms with van der Waals surface area (Å²) >= 11 is 0. The minimum atomic E-state index is -3.93. The Hall–Kier alpha value is -0.173. The lowest BCUT2D eigenvalue weighted by Gasteiger charge is -1.96. The van der Waals surface area contributed by atoms with Gasteiger partial charge in [0, 0.05) is 16.8 Å². The average Bonchev–Trinajstić information content (AvgIpc) is 1.90. The molecule has 4 nitrogen and oxygen atoms in total. The highest BCUT2D eigenvalue weighted by atomic mass is 32.2. The summed E-state index contributed by atoms with van der Waals surface area (Å²) in [6, 6.07) is 1.04. The fraction of sp³-hybridized carbons (Fsp3) is 0.600. The molecule has 2 N–H and O–H groups in total. The van der Waals surface area contributed by atoms with E-state index >= 15 is 0 Å². The molecule has 11 heavy (non-hydrogen) atoms. The van der Waals surface area contributed by atoms with E-state index in [0.717, 1.165) is 22.7 Å². The van der Waals surface area contributed by atoms with Crippen LogP contribution >= 0.6 is 0 Å². The van der Waals surface area contributed by atoms with Gasteiger partial charge in [0.2, 0.25) is 0 Å². The predicted octanol–water partition coefficient (Wildman–Crippen LogP) is -0.645. The number of hydrogen-bond donors (Lipinski definition) is 2. The van der Waals surface area contributed by atoms with Gasteiger partial charge in [-0.3, -0.25) is 4.55 Å². The minimum absolute atomic E-state index is 0.350. The Morgan fingerprint density at radius 2 is 1.91 bits per heavy atom. The Labute approximate surface area is 71.0 Å². The van der Waals surface area contributed by atoms with Crippen LogP contribution in [0.3, 0.4) is 0 Å². The Kier molecular flexibility index (Phi) is 9.67. The SMILES string of the molecule is C=C.O=S(=O)(O)NCCC[SiH3]. The molecule has 0 radical (unpaired) electrons. The summed E-state index contributed by atoms with van der Waals surface area (Å²) in [6.07, 6.45) is 0.812. The van der Waals surface area contributed by atoms with Gasteiger partial charge in [-0.2, -0.15) is 13.1 Å². The van der Waals surface area contributed by atoms with E-state index in [1.165, 1.54) is 0 Å². The van der Waals surface area contributed by atoms with Crippen molar-refractivity contribution in [3.8, 4) is 0 Å². The maximum atomic E-state index is 9.96. The molecule has 0 rings (SSSR count). The molecule has 0 spiro atoms. The van der Waals surface area contributed by atoms with Crippen LogP contribution in [0.4, 0.5) is 0 Å². The maximum Gasteiger partial charge on any atom is 0.333 e. The van der Waals surface area contributed by atoms with E-state index < -0.39 is 10.3 Å². The quantitative estimate of drug-likeness (QED) is 0.272. The van der Waals surface area contributed by atoms with Gasteiger partial charge in [-0.05, 0) is 6.42 Å². The number of rotatable bonds is 4. The van der Waals surface area contributed by atoms with Crippen LogP contribution < -0.4 is 4.72 Å². The van der Waals surface area contributed by atoms with E-state index in [4.69, 9.17) is 4.55 Å². The molecule has 0 aliphatic carbocycles. The summed E-state index contributed by atoms with van der Waals surface area (Å²) in [5.74, 6) is 0. The van der Waals surface area contributed by atoms with Crippen molar-refractivity contribution in [2.45, 2.75) is 12.5 Å². The molecule has 0 heterocycles. The Morgan fingerprint density at radius 3 is 2.18 bits per heavy atom. The molecule has 0 aliphatic heterocycles. The highest BCUT2D eigenvalue weighted by Gasteiger charge is 1.98. The minimum Gasteiger partial charge on any atom is -0.273 e. The van der Waals surface area contributed by atoms with Crippen molar-refractivity contribution < 1.29 is 13.0 Å². The Bertz CT molecular complexity index is 169. The third-order valence-electron chi connectivity index (χ3n) is 0.815. The summed E-state index contributed by atoms with van der Waals surface area (Å²) in [6.45, 7) is 6.35. The molecule has 0 aromatic rings. The van der Waals surface area contributed by atoms with Gasteiger partial charge in [-0.25, -0.2) is 0 Å². The van der Waals surface area contributed by atoms with Crippen LogP contribution in [-0.4, -0.2) is 29.8 Å². The van der Waals surface area contributed by atoms with Crippen molar-refractivity contribution in [2.75, 3.05) is 6.54 Å². The molecule has 0 fully saturated rings. The molecule has 0 atom stereocenters. The van der Waals surface area contributed by atoms with Crippen molar-refractivity contribution in [3.05, 3.63) is 13.2 Å². The van der Waals surface area contributed by atoms with Gasteiger partial charge in [0.25, 0.3) is 0 Å². The summed E-state index contributed by atoms with van der Waals surface area (Å²) in [7, 11) is -2.86. The molecule has 0 saturated carbocycles. The maximum absolute atomic E-state index is 9.96. The van der Waals surface area contributed by atoms with Gasteiger partial charge >= 0.3 is 10.3 Å². The zero-order chi connectivity index (χ0) is 9.33. The van der Waals surface area contributed by atoms with E-state index in [-0.39, 0.29) is 0 Å². The normalized spacial score (nSPS) is 10.3. The molecule has 0 aliphatic rings. The third kappa shape index (κ3) is 17.7. The summed E-state index contributed by atoms with van der Waals surface area (Å²) in [4.78, 5) is 0. The highest BCUT2D eigenvalue weighted by Crippen LogP contribution is 1.81. The Balaban J connectivity index is 0. The topological polar surface area (TPSA) is 66.4 Å². The molecule has 0 amide bonds. The van der Waals surface area contributed by atoms with Gasteiger partial charge in [0.15, 0.2) is 0 Å². The van der Waals surface area contributed by atoms with E-state index in [1.807, 2.05) is 4.72 Å². The van der Waals surface area contributed by atoms with E-state index in [1.54, 1.807) is 0 Å². The van der Waals surface area contributed by atoms with Crippen molar-refractivity contribution in [1.29, 1.82) is 0 Å². The monoisotopic (exact) mass is 197 g/mol. The molecular weight excluding hydrogens is 182 g/mol.